The van der Waals surface area contributed by atoms with Gasteiger partial charge in [-0.1, -0.05) is 29.3 Å². The van der Waals surface area contributed by atoms with Crippen molar-refractivity contribution in [3.63, 3.8) is 0 Å². The molecule has 2 fully saturated rings. The Hall–Kier alpha value is -0.240. The summed E-state index contributed by atoms with van der Waals surface area (Å²) in [6.45, 7) is 6.98. The van der Waals surface area contributed by atoms with Gasteiger partial charge in [0, 0.05) is 24.5 Å². The Morgan fingerprint density at radius 2 is 2.06 bits per heavy atom. The van der Waals surface area contributed by atoms with Gasteiger partial charge in [0.25, 0.3) is 0 Å². The van der Waals surface area contributed by atoms with Crippen LogP contribution in [0.3, 0.4) is 0 Å². The molecule has 3 rings (SSSR count). The summed E-state index contributed by atoms with van der Waals surface area (Å²) in [6, 6.07) is 6.83. The second-order valence-corrected chi connectivity index (χ2v) is 6.86. The number of likely N-dealkylation sites (tertiary alicyclic amines) is 1. The number of fused-ring (bicyclic) bond motifs is 1. The van der Waals surface area contributed by atoms with Crippen molar-refractivity contribution in [3.8, 4) is 0 Å². The van der Waals surface area contributed by atoms with Gasteiger partial charge in [-0.25, -0.2) is 0 Å². The van der Waals surface area contributed by atoms with E-state index in [0.717, 1.165) is 5.92 Å². The Labute approximate surface area is 119 Å². The molecular weight excluding hydrogens is 265 g/mol. The predicted molar refractivity (Wildman–Crippen MR) is 77.6 cm³/mol. The molecule has 1 saturated heterocycles. The third kappa shape index (κ3) is 1.79. The molecule has 1 aliphatic carbocycles. The summed E-state index contributed by atoms with van der Waals surface area (Å²) >= 11 is 12.2. The predicted octanol–water partition coefficient (Wildman–Crippen LogP) is 4.37. The Kier molecular flexibility index (Phi) is 3.12. The van der Waals surface area contributed by atoms with Gasteiger partial charge in [-0.3, -0.25) is 4.90 Å². The molecule has 0 aromatic heterocycles. The number of hydrogen-bond acceptors (Lipinski definition) is 1. The second kappa shape index (κ2) is 4.40. The number of nitrogens with zero attached hydrogens (tertiary/aromatic N) is 1. The average Bonchev–Trinajstić information content (AvgIpc) is 2.56. The summed E-state index contributed by atoms with van der Waals surface area (Å²) in [4.78, 5) is 2.60. The molecule has 2 aliphatic rings. The summed E-state index contributed by atoms with van der Waals surface area (Å²) in [5, 5.41) is 1.35. The lowest BCUT2D eigenvalue weighted by Crippen LogP contribution is -2.43. The molecule has 0 bridgehead atoms. The molecule has 2 unspecified atom stereocenters. The average molecular weight is 284 g/mol. The quantitative estimate of drug-likeness (QED) is 0.779. The van der Waals surface area contributed by atoms with E-state index in [0.29, 0.717) is 21.5 Å². The van der Waals surface area contributed by atoms with Crippen LogP contribution in [0.2, 0.25) is 10.0 Å². The molecule has 2 atom stereocenters. The molecule has 1 nitrogen and oxygen atoms in total. The third-order valence-corrected chi connectivity index (χ3v) is 5.62. The number of benzene rings is 1. The smallest absolute Gasteiger partial charge is 0.0595 e. The van der Waals surface area contributed by atoms with Crippen molar-refractivity contribution in [2.24, 2.45) is 5.92 Å². The van der Waals surface area contributed by atoms with Crippen LogP contribution in [0.25, 0.3) is 0 Å². The van der Waals surface area contributed by atoms with Gasteiger partial charge in [-0.15, -0.1) is 0 Å². The topological polar surface area (TPSA) is 3.24 Å². The van der Waals surface area contributed by atoms with E-state index >= 15 is 0 Å². The molecule has 1 aromatic carbocycles. The standard InChI is InChI=1S/C15H19Cl2N/c1-10(2)18-8-12-5-6-15(12,9-18)11-3-4-13(16)14(17)7-11/h3-4,7,10,12H,5-6,8-9H2,1-2H3. The van der Waals surface area contributed by atoms with Gasteiger partial charge in [-0.05, 0) is 50.3 Å². The van der Waals surface area contributed by atoms with E-state index in [1.807, 2.05) is 6.07 Å². The molecule has 0 N–H and O–H groups in total. The highest BCUT2D eigenvalue weighted by Gasteiger charge is 2.54. The number of halogens is 2. The maximum Gasteiger partial charge on any atom is 0.0595 e. The zero-order chi connectivity index (χ0) is 12.9. The van der Waals surface area contributed by atoms with Gasteiger partial charge in [0.15, 0.2) is 0 Å². The van der Waals surface area contributed by atoms with Gasteiger partial charge >= 0.3 is 0 Å². The Bertz CT molecular complexity index is 472. The first kappa shape index (κ1) is 12.8. The highest BCUT2D eigenvalue weighted by Crippen LogP contribution is 2.54. The molecule has 98 valence electrons. The van der Waals surface area contributed by atoms with Crippen LogP contribution in [0.1, 0.15) is 32.3 Å². The SMILES string of the molecule is CC(C)N1CC2CCC2(c2ccc(Cl)c(Cl)c2)C1. The summed E-state index contributed by atoms with van der Waals surface area (Å²) in [6.07, 6.45) is 2.64. The molecule has 18 heavy (non-hydrogen) atoms. The van der Waals surface area contributed by atoms with Crippen molar-refractivity contribution in [3.05, 3.63) is 33.8 Å². The molecule has 1 aromatic rings. The van der Waals surface area contributed by atoms with Crippen LogP contribution in [0.15, 0.2) is 18.2 Å². The number of hydrogen-bond donors (Lipinski definition) is 0. The third-order valence-electron chi connectivity index (χ3n) is 4.89. The summed E-state index contributed by atoms with van der Waals surface area (Å²) in [5.74, 6) is 0.803. The van der Waals surface area contributed by atoms with Crippen molar-refractivity contribution in [2.75, 3.05) is 13.1 Å². The van der Waals surface area contributed by atoms with E-state index in [9.17, 15) is 0 Å². The maximum atomic E-state index is 6.18. The van der Waals surface area contributed by atoms with Crippen molar-refractivity contribution >= 4 is 23.2 Å². The van der Waals surface area contributed by atoms with Crippen molar-refractivity contribution in [1.29, 1.82) is 0 Å². The van der Waals surface area contributed by atoms with Crippen LogP contribution in [0.4, 0.5) is 0 Å². The fourth-order valence-electron chi connectivity index (χ4n) is 3.55. The lowest BCUT2D eigenvalue weighted by molar-refractivity contribution is 0.181. The minimum absolute atomic E-state index is 0.346. The van der Waals surface area contributed by atoms with E-state index in [1.165, 1.54) is 31.5 Å². The Balaban J connectivity index is 1.93. The molecule has 0 spiro atoms. The monoisotopic (exact) mass is 283 g/mol. The summed E-state index contributed by atoms with van der Waals surface area (Å²) < 4.78 is 0. The van der Waals surface area contributed by atoms with Gasteiger partial charge in [0.2, 0.25) is 0 Å². The molecular formula is C15H19Cl2N. The minimum atomic E-state index is 0.346. The summed E-state index contributed by atoms with van der Waals surface area (Å²) in [5.41, 5.74) is 1.73. The summed E-state index contributed by atoms with van der Waals surface area (Å²) in [7, 11) is 0. The van der Waals surface area contributed by atoms with E-state index in [1.54, 1.807) is 0 Å². The molecule has 1 aliphatic heterocycles. The van der Waals surface area contributed by atoms with Crippen molar-refractivity contribution < 1.29 is 0 Å². The minimum Gasteiger partial charge on any atom is -0.300 e. The Morgan fingerprint density at radius 1 is 1.28 bits per heavy atom. The zero-order valence-corrected chi connectivity index (χ0v) is 12.4. The van der Waals surface area contributed by atoms with Crippen LogP contribution in [-0.4, -0.2) is 24.0 Å². The van der Waals surface area contributed by atoms with Gasteiger partial charge < -0.3 is 0 Å². The molecule has 3 heteroatoms. The van der Waals surface area contributed by atoms with Gasteiger partial charge in [0.05, 0.1) is 10.0 Å². The van der Waals surface area contributed by atoms with Crippen LogP contribution in [-0.2, 0) is 5.41 Å². The fourth-order valence-corrected chi connectivity index (χ4v) is 3.85. The maximum absolute atomic E-state index is 6.18. The fraction of sp³-hybridized carbons (Fsp3) is 0.600. The normalized spacial score (nSPS) is 31.5. The van der Waals surface area contributed by atoms with Crippen molar-refractivity contribution in [2.45, 2.75) is 38.1 Å². The lowest BCUT2D eigenvalue weighted by atomic mass is 9.59. The highest BCUT2D eigenvalue weighted by molar-refractivity contribution is 6.42. The molecule has 0 amide bonds. The number of rotatable bonds is 2. The zero-order valence-electron chi connectivity index (χ0n) is 10.9. The van der Waals surface area contributed by atoms with Crippen LogP contribution in [0, 0.1) is 5.92 Å². The van der Waals surface area contributed by atoms with Crippen molar-refractivity contribution in [1.82, 2.24) is 4.90 Å². The first-order valence-electron chi connectivity index (χ1n) is 6.72. The molecule has 1 saturated carbocycles. The van der Waals surface area contributed by atoms with E-state index < -0.39 is 0 Å². The molecule has 0 radical (unpaired) electrons. The largest absolute Gasteiger partial charge is 0.300 e. The van der Waals surface area contributed by atoms with Crippen LogP contribution >= 0.6 is 23.2 Å². The first-order chi connectivity index (χ1) is 8.53. The second-order valence-electron chi connectivity index (χ2n) is 6.04. The highest BCUT2D eigenvalue weighted by atomic mass is 35.5. The lowest BCUT2D eigenvalue weighted by Gasteiger charge is -2.45. The van der Waals surface area contributed by atoms with Gasteiger partial charge in [-0.2, -0.15) is 0 Å². The van der Waals surface area contributed by atoms with E-state index in [-0.39, 0.29) is 0 Å². The van der Waals surface area contributed by atoms with Gasteiger partial charge in [0.1, 0.15) is 0 Å². The first-order valence-corrected chi connectivity index (χ1v) is 7.48. The van der Waals surface area contributed by atoms with E-state index in [4.69, 9.17) is 23.2 Å². The van der Waals surface area contributed by atoms with Crippen LogP contribution in [0.5, 0.6) is 0 Å². The Morgan fingerprint density at radius 3 is 2.61 bits per heavy atom. The van der Waals surface area contributed by atoms with Crippen LogP contribution < -0.4 is 0 Å². The van der Waals surface area contributed by atoms with E-state index in [2.05, 4.69) is 30.9 Å². The molecule has 1 heterocycles.